The van der Waals surface area contributed by atoms with Gasteiger partial charge in [-0.25, -0.2) is 4.99 Å². The highest BCUT2D eigenvalue weighted by Crippen LogP contribution is 2.39. The zero-order valence-corrected chi connectivity index (χ0v) is 24.1. The van der Waals surface area contributed by atoms with Gasteiger partial charge in [-0.15, -0.1) is 11.8 Å². The third-order valence-corrected chi connectivity index (χ3v) is 9.96. The fraction of sp³-hybridized carbons (Fsp3) is 0.469. The summed E-state index contributed by atoms with van der Waals surface area (Å²) in [7, 11) is 0. The van der Waals surface area contributed by atoms with Gasteiger partial charge in [-0.1, -0.05) is 50.6 Å². The van der Waals surface area contributed by atoms with Crippen LogP contribution in [-0.2, 0) is 0 Å². The van der Waals surface area contributed by atoms with Crippen molar-refractivity contribution in [1.29, 1.82) is 0 Å². The second-order valence-corrected chi connectivity index (χ2v) is 12.4. The molecule has 1 fully saturated rings. The van der Waals surface area contributed by atoms with Crippen molar-refractivity contribution >= 4 is 23.3 Å². The van der Waals surface area contributed by atoms with Crippen molar-refractivity contribution in [3.8, 4) is 0 Å². The van der Waals surface area contributed by atoms with Crippen molar-refractivity contribution in [2.75, 3.05) is 26.2 Å². The molecule has 5 rings (SSSR count). The van der Waals surface area contributed by atoms with E-state index >= 15 is 0 Å². The van der Waals surface area contributed by atoms with E-state index in [9.17, 15) is 4.91 Å². The third-order valence-electron chi connectivity index (χ3n) is 8.43. The number of nitroso groups, excluding NO2 is 1. The molecule has 6 heteroatoms. The summed E-state index contributed by atoms with van der Waals surface area (Å²) >= 11 is 2.00. The number of hydrogen-bond acceptors (Lipinski definition) is 6. The first-order chi connectivity index (χ1) is 18.5. The fourth-order valence-electron chi connectivity index (χ4n) is 5.25. The van der Waals surface area contributed by atoms with Crippen molar-refractivity contribution < 1.29 is 0 Å². The summed E-state index contributed by atoms with van der Waals surface area (Å²) in [5, 5.41) is 3.60. The van der Waals surface area contributed by atoms with Gasteiger partial charge in [0, 0.05) is 47.2 Å². The van der Waals surface area contributed by atoms with Gasteiger partial charge in [0.05, 0.1) is 12.2 Å². The zero-order valence-electron chi connectivity index (χ0n) is 23.2. The minimum atomic E-state index is 0.364. The van der Waals surface area contributed by atoms with Crippen molar-refractivity contribution in [1.82, 2.24) is 9.80 Å². The maximum Gasteiger partial charge on any atom is 0.137 e. The van der Waals surface area contributed by atoms with Crippen LogP contribution in [0.25, 0.3) is 5.70 Å². The van der Waals surface area contributed by atoms with Crippen LogP contribution in [0, 0.1) is 17.7 Å². The normalized spacial score (nSPS) is 21.1. The molecular weight excluding hydrogens is 488 g/mol. The van der Waals surface area contributed by atoms with Gasteiger partial charge in [-0.2, -0.15) is 4.91 Å². The standard InChI is InChI=1S/C32H40N4OS/c1-5-22(2)24(4)38-31-19-27(10-9-23(31)3)29-20-30(26-7-6-8-26)36-21-28(11-12-32(36)34-29)25-13-16-35(17-14-25)18-15-33-37/h9-13,19-22,24H,5-8,14-18H2,1-4H3. The molecule has 38 heavy (non-hydrogen) atoms. The van der Waals surface area contributed by atoms with Crippen LogP contribution in [0.4, 0.5) is 0 Å². The monoisotopic (exact) mass is 528 g/mol. The summed E-state index contributed by atoms with van der Waals surface area (Å²) in [6.07, 6.45) is 17.1. The number of amidine groups is 1. The van der Waals surface area contributed by atoms with Gasteiger partial charge in [0.25, 0.3) is 0 Å². The molecule has 0 spiro atoms. The molecule has 1 saturated carbocycles. The number of nitrogens with zero attached hydrogens (tertiary/aromatic N) is 4. The predicted molar refractivity (Wildman–Crippen MR) is 161 cm³/mol. The smallest absolute Gasteiger partial charge is 0.137 e. The Kier molecular flexibility index (Phi) is 8.49. The van der Waals surface area contributed by atoms with Gasteiger partial charge in [0.2, 0.25) is 0 Å². The second kappa shape index (κ2) is 12.0. The Bertz CT molecular complexity index is 1260. The number of thioether (sulfide) groups is 1. The lowest BCUT2D eigenvalue weighted by Crippen LogP contribution is -2.33. The van der Waals surface area contributed by atoms with Gasteiger partial charge >= 0.3 is 0 Å². The Labute approximate surface area is 232 Å². The molecule has 2 atom stereocenters. The molecule has 3 aliphatic heterocycles. The molecule has 200 valence electrons. The van der Waals surface area contributed by atoms with E-state index in [2.05, 4.69) is 91.4 Å². The van der Waals surface area contributed by atoms with E-state index in [4.69, 9.17) is 4.99 Å². The molecule has 3 heterocycles. The third kappa shape index (κ3) is 5.81. The Balaban J connectivity index is 1.41. The van der Waals surface area contributed by atoms with Crippen LogP contribution in [0.2, 0.25) is 0 Å². The van der Waals surface area contributed by atoms with Crippen LogP contribution < -0.4 is 0 Å². The number of aryl methyl sites for hydroxylation is 1. The largest absolute Gasteiger partial charge is 0.301 e. The lowest BCUT2D eigenvalue weighted by molar-refractivity contribution is 0.303. The molecule has 0 N–H and O–H groups in total. The molecule has 1 aromatic carbocycles. The van der Waals surface area contributed by atoms with E-state index in [-0.39, 0.29) is 0 Å². The molecule has 4 aliphatic rings. The van der Waals surface area contributed by atoms with Crippen LogP contribution in [0.5, 0.6) is 0 Å². The summed E-state index contributed by atoms with van der Waals surface area (Å²) in [5.41, 5.74) is 9.06. The first-order valence-corrected chi connectivity index (χ1v) is 15.0. The minimum absolute atomic E-state index is 0.364. The average molecular weight is 529 g/mol. The highest BCUT2D eigenvalue weighted by atomic mass is 32.2. The molecular formula is C32H40N4OS. The van der Waals surface area contributed by atoms with Crippen LogP contribution in [-0.4, -0.2) is 47.1 Å². The molecule has 0 amide bonds. The minimum Gasteiger partial charge on any atom is -0.301 e. The SMILES string of the molecule is CCC(C)C(C)Sc1cc(C2=CC(=C3CCC3)N3C=C(C4=CCN(CCN=O)CC4)C=CC3=N2)ccc1C. The van der Waals surface area contributed by atoms with Crippen LogP contribution >= 0.6 is 11.8 Å². The quantitative estimate of drug-likeness (QED) is 0.242. The number of benzene rings is 1. The highest BCUT2D eigenvalue weighted by molar-refractivity contribution is 8.00. The lowest BCUT2D eigenvalue weighted by Gasteiger charge is -2.35. The van der Waals surface area contributed by atoms with E-state index in [0.717, 1.165) is 37.6 Å². The first kappa shape index (κ1) is 26.9. The van der Waals surface area contributed by atoms with Crippen LogP contribution in [0.15, 0.2) is 86.2 Å². The summed E-state index contributed by atoms with van der Waals surface area (Å²) in [6.45, 7) is 12.1. The molecule has 0 saturated heterocycles. The maximum absolute atomic E-state index is 10.5. The van der Waals surface area contributed by atoms with Crippen molar-refractivity contribution in [3.63, 3.8) is 0 Å². The van der Waals surface area contributed by atoms with Gasteiger partial charge in [0.1, 0.15) is 5.84 Å². The summed E-state index contributed by atoms with van der Waals surface area (Å²) in [4.78, 5) is 21.6. The predicted octanol–water partition coefficient (Wildman–Crippen LogP) is 7.87. The number of rotatable bonds is 9. The van der Waals surface area contributed by atoms with Crippen LogP contribution in [0.1, 0.15) is 64.0 Å². The Hall–Kier alpha value is -2.70. The molecule has 0 bridgehead atoms. The number of hydrogen-bond donors (Lipinski definition) is 0. The Morgan fingerprint density at radius 3 is 2.68 bits per heavy atom. The Morgan fingerprint density at radius 2 is 2.00 bits per heavy atom. The van der Waals surface area contributed by atoms with Gasteiger partial charge in [-0.05, 0) is 85.1 Å². The fourth-order valence-corrected chi connectivity index (χ4v) is 6.52. The maximum atomic E-state index is 10.5. The van der Waals surface area contributed by atoms with Gasteiger partial charge in [0.15, 0.2) is 0 Å². The van der Waals surface area contributed by atoms with E-state index < -0.39 is 0 Å². The van der Waals surface area contributed by atoms with E-state index in [1.165, 1.54) is 64.1 Å². The lowest BCUT2D eigenvalue weighted by atomic mass is 9.88. The second-order valence-electron chi connectivity index (χ2n) is 11.0. The molecule has 0 radical (unpaired) electrons. The van der Waals surface area contributed by atoms with E-state index in [1.54, 1.807) is 0 Å². The zero-order chi connectivity index (χ0) is 26.6. The van der Waals surface area contributed by atoms with Gasteiger partial charge in [-0.3, -0.25) is 4.90 Å². The summed E-state index contributed by atoms with van der Waals surface area (Å²) < 4.78 is 0. The summed E-state index contributed by atoms with van der Waals surface area (Å²) in [6, 6.07) is 6.83. The van der Waals surface area contributed by atoms with Gasteiger partial charge < -0.3 is 4.90 Å². The molecule has 1 aromatic rings. The average Bonchev–Trinajstić information content (AvgIpc) is 2.91. The van der Waals surface area contributed by atoms with Crippen molar-refractivity contribution in [3.05, 3.63) is 87.2 Å². The molecule has 2 unspecified atom stereocenters. The van der Waals surface area contributed by atoms with E-state index in [0.29, 0.717) is 17.7 Å². The number of aliphatic imine (C=N–C) groups is 1. The number of fused-ring (bicyclic) bond motifs is 1. The molecule has 1 aliphatic carbocycles. The Morgan fingerprint density at radius 1 is 1.16 bits per heavy atom. The molecule has 0 aromatic heterocycles. The molecule has 5 nitrogen and oxygen atoms in total. The highest BCUT2D eigenvalue weighted by Gasteiger charge is 2.27. The van der Waals surface area contributed by atoms with Crippen molar-refractivity contribution in [2.45, 2.75) is 69.9 Å². The van der Waals surface area contributed by atoms with E-state index in [1.807, 2.05) is 11.8 Å². The number of allylic oxidation sites excluding steroid dienone is 4. The van der Waals surface area contributed by atoms with Crippen molar-refractivity contribution in [2.24, 2.45) is 16.1 Å². The topological polar surface area (TPSA) is 48.3 Å². The summed E-state index contributed by atoms with van der Waals surface area (Å²) in [5.74, 6) is 1.68. The first-order valence-electron chi connectivity index (χ1n) is 14.2. The van der Waals surface area contributed by atoms with Crippen LogP contribution in [0.3, 0.4) is 0 Å².